The van der Waals surface area contributed by atoms with Crippen molar-refractivity contribution in [3.8, 4) is 17.2 Å². The van der Waals surface area contributed by atoms with E-state index in [1.54, 1.807) is 19.1 Å². The van der Waals surface area contributed by atoms with E-state index in [4.69, 9.17) is 19.9 Å². The Balaban J connectivity index is 1.64. The maximum absolute atomic E-state index is 13.9. The zero-order valence-electron chi connectivity index (χ0n) is 23.2. The van der Waals surface area contributed by atoms with Gasteiger partial charge in [-0.05, 0) is 26.3 Å². The lowest BCUT2D eigenvalue weighted by atomic mass is 9.72. The number of aliphatic hydroxyl groups is 2. The average molecular weight is 570 g/mol. The number of carbonyl (C=O) groups is 3. The standard InChI is InChI=1S/C30H35NO10/c1-4-5-9-39-18-8-6-7-15-21(18)28(36)24-23(26(15)34)27(35)16-11-30(38,14(3)32)12-19(22(16)29(24)37)41-20-10-17(31)25(33)13(2)40-20/h6-8,13,17,19-20,25,33,35,37-38H,4-5,9-12,31H2,1-3H3/t13?,17?,19-,20?,25?,30-/m0/s1. The van der Waals surface area contributed by atoms with E-state index in [1.165, 1.54) is 13.0 Å². The van der Waals surface area contributed by atoms with Gasteiger partial charge in [-0.15, -0.1) is 0 Å². The lowest BCUT2D eigenvalue weighted by molar-refractivity contribution is -0.247. The molecule has 11 nitrogen and oxygen atoms in total. The normalized spacial score (nSPS) is 29.0. The van der Waals surface area contributed by atoms with Crippen LogP contribution in [0.2, 0.25) is 0 Å². The Labute approximate surface area is 236 Å². The van der Waals surface area contributed by atoms with Crippen molar-refractivity contribution in [2.24, 2.45) is 5.73 Å². The van der Waals surface area contributed by atoms with Gasteiger partial charge >= 0.3 is 0 Å². The van der Waals surface area contributed by atoms with Crippen molar-refractivity contribution >= 4 is 17.3 Å². The summed E-state index contributed by atoms with van der Waals surface area (Å²) >= 11 is 0. The van der Waals surface area contributed by atoms with E-state index >= 15 is 0 Å². The summed E-state index contributed by atoms with van der Waals surface area (Å²) in [6, 6.07) is 3.89. The van der Waals surface area contributed by atoms with E-state index in [1.807, 2.05) is 6.92 Å². The highest BCUT2D eigenvalue weighted by molar-refractivity contribution is 6.31. The molecule has 5 rings (SSSR count). The number of carbonyl (C=O) groups excluding carboxylic acids is 3. The first-order valence-corrected chi connectivity index (χ1v) is 13.8. The third-order valence-electron chi connectivity index (χ3n) is 8.33. The molecule has 2 aromatic carbocycles. The van der Waals surface area contributed by atoms with Gasteiger partial charge in [0.15, 0.2) is 17.9 Å². The number of phenolic OH excluding ortho intramolecular Hbond substituents is 2. The first-order valence-electron chi connectivity index (χ1n) is 13.8. The van der Waals surface area contributed by atoms with Crippen LogP contribution >= 0.6 is 0 Å². The number of phenols is 2. The number of nitrogens with two attached hydrogens (primary N) is 1. The molecule has 6 atom stereocenters. The third kappa shape index (κ3) is 4.81. The minimum atomic E-state index is -2.00. The average Bonchev–Trinajstić information content (AvgIpc) is 2.92. The van der Waals surface area contributed by atoms with Crippen molar-refractivity contribution in [2.75, 3.05) is 6.61 Å². The Morgan fingerprint density at radius 1 is 1.15 bits per heavy atom. The van der Waals surface area contributed by atoms with Gasteiger partial charge in [0, 0.05) is 42.0 Å². The number of unbranched alkanes of at least 4 members (excludes halogenated alkanes) is 1. The summed E-state index contributed by atoms with van der Waals surface area (Å²) in [5, 5.41) is 44.5. The summed E-state index contributed by atoms with van der Waals surface area (Å²) in [6.07, 6.45) is -2.95. The van der Waals surface area contributed by atoms with Gasteiger partial charge in [-0.2, -0.15) is 0 Å². The molecule has 0 saturated carbocycles. The van der Waals surface area contributed by atoms with Gasteiger partial charge in [0.1, 0.15) is 22.8 Å². The van der Waals surface area contributed by atoms with Gasteiger partial charge in [-0.1, -0.05) is 25.5 Å². The van der Waals surface area contributed by atoms with Gasteiger partial charge in [0.25, 0.3) is 0 Å². The van der Waals surface area contributed by atoms with E-state index in [-0.39, 0.29) is 40.8 Å². The zero-order chi connectivity index (χ0) is 29.8. The molecule has 0 aromatic heterocycles. The molecule has 0 radical (unpaired) electrons. The number of hydrogen-bond donors (Lipinski definition) is 5. The number of benzene rings is 2. The predicted molar refractivity (Wildman–Crippen MR) is 144 cm³/mol. The molecule has 1 aliphatic heterocycles. The fourth-order valence-corrected chi connectivity index (χ4v) is 5.94. The maximum atomic E-state index is 13.9. The van der Waals surface area contributed by atoms with Crippen LogP contribution in [0.1, 0.15) is 95.5 Å². The second kappa shape index (κ2) is 10.8. The molecule has 1 fully saturated rings. The van der Waals surface area contributed by atoms with Crippen LogP contribution in [-0.2, 0) is 20.7 Å². The summed E-state index contributed by atoms with van der Waals surface area (Å²) < 4.78 is 17.7. The molecule has 0 amide bonds. The minimum Gasteiger partial charge on any atom is -0.507 e. The third-order valence-corrected chi connectivity index (χ3v) is 8.33. The number of ketones is 3. The van der Waals surface area contributed by atoms with Crippen molar-refractivity contribution in [3.63, 3.8) is 0 Å². The topological polar surface area (TPSA) is 186 Å². The van der Waals surface area contributed by atoms with Crippen LogP contribution in [-0.4, -0.2) is 74.5 Å². The van der Waals surface area contributed by atoms with Crippen molar-refractivity contribution in [3.05, 3.63) is 51.6 Å². The molecule has 220 valence electrons. The highest BCUT2D eigenvalue weighted by atomic mass is 16.7. The van der Waals surface area contributed by atoms with Crippen LogP contribution in [0.4, 0.5) is 0 Å². The Morgan fingerprint density at radius 3 is 2.51 bits per heavy atom. The first kappa shape index (κ1) is 29.2. The largest absolute Gasteiger partial charge is 0.507 e. The number of aromatic hydroxyl groups is 2. The highest BCUT2D eigenvalue weighted by Crippen LogP contribution is 2.52. The SMILES string of the molecule is CCCCOc1cccc2c1C(=O)c1c(O)c3c(c(O)c1C2=O)C[C@@](O)(C(C)=O)C[C@@H]3OC1CC(N)C(O)C(C)O1. The second-order valence-electron chi connectivity index (χ2n) is 11.1. The van der Waals surface area contributed by atoms with Crippen molar-refractivity contribution in [2.45, 2.75) is 89.1 Å². The molecule has 2 aromatic rings. The van der Waals surface area contributed by atoms with E-state index in [0.29, 0.717) is 6.61 Å². The Bertz CT molecular complexity index is 1410. The zero-order valence-corrected chi connectivity index (χ0v) is 23.2. The highest BCUT2D eigenvalue weighted by Gasteiger charge is 2.49. The molecule has 0 bridgehead atoms. The smallest absolute Gasteiger partial charge is 0.202 e. The number of hydrogen-bond acceptors (Lipinski definition) is 11. The molecule has 0 spiro atoms. The molecule has 3 aliphatic rings. The summed E-state index contributed by atoms with van der Waals surface area (Å²) in [5.41, 5.74) is 3.10. The van der Waals surface area contributed by atoms with Gasteiger partial charge in [0.05, 0.1) is 41.6 Å². The predicted octanol–water partition coefficient (Wildman–Crippen LogP) is 2.20. The molecule has 11 heteroatoms. The van der Waals surface area contributed by atoms with Crippen molar-refractivity contribution in [1.29, 1.82) is 0 Å². The van der Waals surface area contributed by atoms with E-state index in [2.05, 4.69) is 0 Å². The number of aliphatic hydroxyl groups excluding tert-OH is 1. The Hall–Kier alpha value is -3.35. The Morgan fingerprint density at radius 2 is 1.85 bits per heavy atom. The van der Waals surface area contributed by atoms with Crippen LogP contribution in [0.3, 0.4) is 0 Å². The van der Waals surface area contributed by atoms with Crippen LogP contribution in [0.5, 0.6) is 17.2 Å². The van der Waals surface area contributed by atoms with Crippen LogP contribution in [0, 0.1) is 0 Å². The quantitative estimate of drug-likeness (QED) is 0.207. The lowest BCUT2D eigenvalue weighted by Gasteiger charge is -2.42. The molecule has 6 N–H and O–H groups in total. The molecule has 1 heterocycles. The molecule has 4 unspecified atom stereocenters. The number of fused-ring (bicyclic) bond motifs is 3. The van der Waals surface area contributed by atoms with Crippen LogP contribution < -0.4 is 10.5 Å². The second-order valence-corrected chi connectivity index (χ2v) is 11.1. The van der Waals surface area contributed by atoms with Crippen molar-refractivity contribution < 1.29 is 49.0 Å². The van der Waals surface area contributed by atoms with Gasteiger partial charge < -0.3 is 40.4 Å². The van der Waals surface area contributed by atoms with E-state index in [9.17, 15) is 34.8 Å². The number of rotatable bonds is 7. The fourth-order valence-electron chi connectivity index (χ4n) is 5.94. The molecule has 1 saturated heterocycles. The van der Waals surface area contributed by atoms with Crippen molar-refractivity contribution in [1.82, 2.24) is 0 Å². The van der Waals surface area contributed by atoms with Gasteiger partial charge in [-0.3, -0.25) is 14.4 Å². The van der Waals surface area contributed by atoms with Crippen LogP contribution in [0.15, 0.2) is 18.2 Å². The maximum Gasteiger partial charge on any atom is 0.202 e. The Kier molecular flexibility index (Phi) is 7.68. The van der Waals surface area contributed by atoms with E-state index < -0.39 is 82.6 Å². The van der Waals surface area contributed by atoms with Gasteiger partial charge in [0.2, 0.25) is 5.78 Å². The fraction of sp³-hybridized carbons (Fsp3) is 0.500. The summed E-state index contributed by atoms with van der Waals surface area (Å²) in [7, 11) is 0. The van der Waals surface area contributed by atoms with Crippen LogP contribution in [0.25, 0.3) is 0 Å². The van der Waals surface area contributed by atoms with Gasteiger partial charge in [-0.25, -0.2) is 0 Å². The molecule has 2 aliphatic carbocycles. The molecular formula is C30H35NO10. The summed E-state index contributed by atoms with van der Waals surface area (Å²) in [5.74, 6) is -3.05. The summed E-state index contributed by atoms with van der Waals surface area (Å²) in [6.45, 7) is 5.11. The minimum absolute atomic E-state index is 0.00808. The first-order chi connectivity index (χ1) is 19.4. The number of ether oxygens (including phenoxy) is 3. The molecule has 41 heavy (non-hydrogen) atoms. The molecular weight excluding hydrogens is 534 g/mol. The van der Waals surface area contributed by atoms with E-state index in [0.717, 1.165) is 12.8 Å². The lowest BCUT2D eigenvalue weighted by Crippen LogP contribution is -2.52. The monoisotopic (exact) mass is 569 g/mol. The number of Topliss-reactive ketones (excluding diaryl/α,β-unsaturated/α-hetero) is 1. The summed E-state index contributed by atoms with van der Waals surface area (Å²) in [4.78, 5) is 40.2.